The van der Waals surface area contributed by atoms with Gasteiger partial charge in [0.25, 0.3) is 5.91 Å². The van der Waals surface area contributed by atoms with Crippen LogP contribution >= 0.6 is 0 Å². The third-order valence-corrected chi connectivity index (χ3v) is 5.07. The van der Waals surface area contributed by atoms with Crippen molar-refractivity contribution in [1.82, 2.24) is 4.90 Å². The summed E-state index contributed by atoms with van der Waals surface area (Å²) in [5, 5.41) is 14.2. The van der Waals surface area contributed by atoms with Gasteiger partial charge in [0.2, 0.25) is 0 Å². The Kier molecular flexibility index (Phi) is 4.90. The SMILES string of the molecule is CCOc1cccc([C@@H]2Nc3ccccc3C(=O)N2C[C@@H]2CCCO2)c1O. The number of benzene rings is 2. The molecule has 0 radical (unpaired) electrons. The van der Waals surface area contributed by atoms with Crippen LogP contribution in [-0.4, -0.2) is 41.8 Å². The van der Waals surface area contributed by atoms with E-state index in [0.29, 0.717) is 30.0 Å². The molecular formula is C21H24N2O4. The number of amides is 1. The van der Waals surface area contributed by atoms with E-state index in [1.807, 2.05) is 43.3 Å². The average molecular weight is 368 g/mol. The zero-order chi connectivity index (χ0) is 18.8. The van der Waals surface area contributed by atoms with Crippen molar-refractivity contribution in [1.29, 1.82) is 0 Å². The molecule has 27 heavy (non-hydrogen) atoms. The van der Waals surface area contributed by atoms with Crippen molar-refractivity contribution >= 4 is 11.6 Å². The fraction of sp³-hybridized carbons (Fsp3) is 0.381. The summed E-state index contributed by atoms with van der Waals surface area (Å²) in [6.07, 6.45) is 1.47. The number of carbonyl (C=O) groups excluding carboxylic acids is 1. The Hall–Kier alpha value is -2.73. The zero-order valence-corrected chi connectivity index (χ0v) is 15.4. The summed E-state index contributed by atoms with van der Waals surface area (Å²) in [5.41, 5.74) is 2.01. The molecule has 1 saturated heterocycles. The highest BCUT2D eigenvalue weighted by Gasteiger charge is 2.36. The summed E-state index contributed by atoms with van der Waals surface area (Å²) in [7, 11) is 0. The number of rotatable bonds is 5. The molecule has 4 rings (SSSR count). The van der Waals surface area contributed by atoms with E-state index < -0.39 is 6.17 Å². The van der Waals surface area contributed by atoms with E-state index in [1.54, 1.807) is 11.0 Å². The monoisotopic (exact) mass is 368 g/mol. The van der Waals surface area contributed by atoms with Gasteiger partial charge in [-0.15, -0.1) is 0 Å². The number of hydrogen-bond acceptors (Lipinski definition) is 5. The number of carbonyl (C=O) groups is 1. The Morgan fingerprint density at radius 1 is 1.26 bits per heavy atom. The lowest BCUT2D eigenvalue weighted by Crippen LogP contribution is -2.46. The summed E-state index contributed by atoms with van der Waals surface area (Å²) < 4.78 is 11.3. The lowest BCUT2D eigenvalue weighted by Gasteiger charge is -2.39. The number of aromatic hydroxyl groups is 1. The molecule has 0 aliphatic carbocycles. The van der Waals surface area contributed by atoms with Gasteiger partial charge in [-0.05, 0) is 38.0 Å². The molecule has 0 unspecified atom stereocenters. The fourth-order valence-electron chi connectivity index (χ4n) is 3.77. The maximum absolute atomic E-state index is 13.2. The van der Waals surface area contributed by atoms with Gasteiger partial charge in [0.15, 0.2) is 11.5 Å². The van der Waals surface area contributed by atoms with E-state index in [4.69, 9.17) is 9.47 Å². The third-order valence-electron chi connectivity index (χ3n) is 5.07. The average Bonchev–Trinajstić information content (AvgIpc) is 3.19. The molecule has 0 bridgehead atoms. The van der Waals surface area contributed by atoms with Crippen molar-refractivity contribution in [3.05, 3.63) is 53.6 Å². The Morgan fingerprint density at radius 2 is 2.11 bits per heavy atom. The number of phenols is 1. The van der Waals surface area contributed by atoms with Crippen molar-refractivity contribution in [3.63, 3.8) is 0 Å². The van der Waals surface area contributed by atoms with Gasteiger partial charge < -0.3 is 24.8 Å². The van der Waals surface area contributed by atoms with Crippen LogP contribution in [0.4, 0.5) is 5.69 Å². The van der Waals surface area contributed by atoms with Crippen molar-refractivity contribution in [2.24, 2.45) is 0 Å². The second kappa shape index (κ2) is 7.48. The van der Waals surface area contributed by atoms with E-state index in [-0.39, 0.29) is 17.8 Å². The third kappa shape index (κ3) is 3.32. The minimum atomic E-state index is -0.489. The Balaban J connectivity index is 1.74. The highest BCUT2D eigenvalue weighted by Crippen LogP contribution is 2.40. The van der Waals surface area contributed by atoms with E-state index in [1.165, 1.54) is 0 Å². The first-order valence-electron chi connectivity index (χ1n) is 9.42. The van der Waals surface area contributed by atoms with Crippen molar-refractivity contribution < 1.29 is 19.4 Å². The number of para-hydroxylation sites is 2. The van der Waals surface area contributed by atoms with Gasteiger partial charge in [-0.25, -0.2) is 0 Å². The van der Waals surface area contributed by atoms with Crippen LogP contribution in [-0.2, 0) is 4.74 Å². The maximum Gasteiger partial charge on any atom is 0.257 e. The number of anilines is 1. The molecule has 2 atom stereocenters. The standard InChI is InChI=1S/C21H24N2O4/c1-2-26-18-11-5-9-16(19(18)24)20-22-17-10-4-3-8-15(17)21(25)23(20)13-14-7-6-12-27-14/h3-5,8-11,14,20,22,24H,2,6-7,12-13H2,1H3/t14-,20+/m0/s1. The summed E-state index contributed by atoms with van der Waals surface area (Å²) in [6, 6.07) is 12.8. The van der Waals surface area contributed by atoms with E-state index in [9.17, 15) is 9.90 Å². The molecule has 0 aromatic heterocycles. The first-order chi connectivity index (χ1) is 13.2. The molecule has 1 amide bonds. The molecule has 2 aromatic rings. The largest absolute Gasteiger partial charge is 0.504 e. The van der Waals surface area contributed by atoms with Gasteiger partial charge in [-0.1, -0.05) is 24.3 Å². The molecule has 0 saturated carbocycles. The van der Waals surface area contributed by atoms with Crippen LogP contribution < -0.4 is 10.1 Å². The van der Waals surface area contributed by atoms with Crippen LogP contribution in [0.3, 0.4) is 0 Å². The first kappa shape index (κ1) is 17.7. The summed E-state index contributed by atoms with van der Waals surface area (Å²) in [6.45, 7) is 3.53. The van der Waals surface area contributed by atoms with Crippen LogP contribution in [0.5, 0.6) is 11.5 Å². The first-order valence-corrected chi connectivity index (χ1v) is 9.42. The molecule has 0 spiro atoms. The van der Waals surface area contributed by atoms with Gasteiger partial charge in [0.1, 0.15) is 6.17 Å². The van der Waals surface area contributed by atoms with Crippen LogP contribution in [0.2, 0.25) is 0 Å². The summed E-state index contributed by atoms with van der Waals surface area (Å²) in [4.78, 5) is 15.0. The molecule has 2 aliphatic rings. The van der Waals surface area contributed by atoms with Crippen molar-refractivity contribution in [2.75, 3.05) is 25.1 Å². The van der Waals surface area contributed by atoms with Gasteiger partial charge in [-0.2, -0.15) is 0 Å². The van der Waals surface area contributed by atoms with Gasteiger partial charge in [-0.3, -0.25) is 4.79 Å². The molecule has 1 fully saturated rings. The zero-order valence-electron chi connectivity index (χ0n) is 15.4. The predicted octanol–water partition coefficient (Wildman–Crippen LogP) is 3.54. The number of fused-ring (bicyclic) bond motifs is 1. The van der Waals surface area contributed by atoms with Crippen molar-refractivity contribution in [2.45, 2.75) is 32.0 Å². The lowest BCUT2D eigenvalue weighted by molar-refractivity contribution is 0.0424. The summed E-state index contributed by atoms with van der Waals surface area (Å²) in [5.74, 6) is 0.410. The summed E-state index contributed by atoms with van der Waals surface area (Å²) >= 11 is 0. The molecule has 2 aromatic carbocycles. The van der Waals surface area contributed by atoms with Crippen LogP contribution in [0.1, 0.15) is 41.9 Å². The van der Waals surface area contributed by atoms with E-state index >= 15 is 0 Å². The van der Waals surface area contributed by atoms with Gasteiger partial charge in [0.05, 0.1) is 18.3 Å². The highest BCUT2D eigenvalue weighted by molar-refractivity contribution is 6.01. The second-order valence-corrected chi connectivity index (χ2v) is 6.81. The predicted molar refractivity (Wildman–Crippen MR) is 102 cm³/mol. The Bertz CT molecular complexity index is 833. The minimum Gasteiger partial charge on any atom is -0.504 e. The number of nitrogens with one attached hydrogen (secondary N) is 1. The normalized spacial score (nSPS) is 21.7. The van der Waals surface area contributed by atoms with Gasteiger partial charge in [0, 0.05) is 24.4 Å². The number of phenolic OH excluding ortho intramolecular Hbond substituents is 1. The van der Waals surface area contributed by atoms with E-state index in [0.717, 1.165) is 25.1 Å². The quantitative estimate of drug-likeness (QED) is 0.845. The molecule has 6 heteroatoms. The highest BCUT2D eigenvalue weighted by atomic mass is 16.5. The molecule has 2 heterocycles. The minimum absolute atomic E-state index is 0.0146. The molecular weight excluding hydrogens is 344 g/mol. The molecule has 6 nitrogen and oxygen atoms in total. The van der Waals surface area contributed by atoms with Gasteiger partial charge >= 0.3 is 0 Å². The second-order valence-electron chi connectivity index (χ2n) is 6.81. The topological polar surface area (TPSA) is 71.0 Å². The number of nitrogens with zero attached hydrogens (tertiary/aromatic N) is 1. The molecule has 2 aliphatic heterocycles. The maximum atomic E-state index is 13.2. The fourth-order valence-corrected chi connectivity index (χ4v) is 3.77. The van der Waals surface area contributed by atoms with Crippen LogP contribution in [0.25, 0.3) is 0 Å². The number of hydrogen-bond donors (Lipinski definition) is 2. The van der Waals surface area contributed by atoms with Crippen molar-refractivity contribution in [3.8, 4) is 11.5 Å². The van der Waals surface area contributed by atoms with Crippen LogP contribution in [0, 0.1) is 0 Å². The van der Waals surface area contributed by atoms with Crippen LogP contribution in [0.15, 0.2) is 42.5 Å². The number of ether oxygens (including phenoxy) is 2. The molecule has 2 N–H and O–H groups in total. The lowest BCUT2D eigenvalue weighted by atomic mass is 10.0. The smallest absolute Gasteiger partial charge is 0.257 e. The van der Waals surface area contributed by atoms with E-state index in [2.05, 4.69) is 5.32 Å². The Morgan fingerprint density at radius 3 is 2.89 bits per heavy atom. The Labute approximate surface area is 158 Å². The molecule has 142 valence electrons.